The van der Waals surface area contributed by atoms with E-state index in [1.165, 1.54) is 20.4 Å². The summed E-state index contributed by atoms with van der Waals surface area (Å²) >= 11 is 5.94. The Balaban J connectivity index is 1.93. The number of nitrogens with zero attached hydrogens (tertiary/aromatic N) is 1. The zero-order valence-electron chi connectivity index (χ0n) is 14.6. The fraction of sp³-hybridized carbons (Fsp3) is 0.222. The molecule has 7 nitrogen and oxygen atoms in total. The number of amides is 1. The van der Waals surface area contributed by atoms with E-state index in [1.54, 1.807) is 30.3 Å². The summed E-state index contributed by atoms with van der Waals surface area (Å²) in [6, 6.07) is 8.24. The van der Waals surface area contributed by atoms with Crippen molar-refractivity contribution in [1.29, 1.82) is 0 Å². The number of carbonyl (C=O) groups excluding carboxylic acids is 1. The first-order valence-corrected chi connectivity index (χ1v) is 7.98. The molecule has 2 aromatic carbocycles. The summed E-state index contributed by atoms with van der Waals surface area (Å²) < 4.78 is 15.5. The van der Waals surface area contributed by atoms with E-state index in [9.17, 15) is 9.90 Å². The van der Waals surface area contributed by atoms with Crippen LogP contribution in [0.1, 0.15) is 11.1 Å². The number of phenolic OH excluding ortho intramolecular Hbond substituents is 1. The Hall–Kier alpha value is -2.93. The topological polar surface area (TPSA) is 89.4 Å². The van der Waals surface area contributed by atoms with Gasteiger partial charge in [-0.3, -0.25) is 4.79 Å². The van der Waals surface area contributed by atoms with Gasteiger partial charge in [-0.05, 0) is 42.8 Å². The number of methoxy groups -OCH3 is 2. The number of ether oxygens (including phenoxy) is 3. The van der Waals surface area contributed by atoms with Crippen LogP contribution in [0.2, 0.25) is 5.02 Å². The standard InChI is InChI=1S/C18H19ClN2O5/c1-11-6-13(4-5-14(11)19)26-10-17(22)21-20-9-12-7-15(24-2)18(23)16(8-12)25-3/h4-9,23H,10H2,1-3H3,(H,21,22)/b20-9+. The number of hydrogen-bond donors (Lipinski definition) is 2. The Morgan fingerprint density at radius 1 is 1.23 bits per heavy atom. The molecule has 0 spiro atoms. The smallest absolute Gasteiger partial charge is 0.277 e. The van der Waals surface area contributed by atoms with Gasteiger partial charge in [0, 0.05) is 10.6 Å². The first-order valence-electron chi connectivity index (χ1n) is 7.60. The Morgan fingerprint density at radius 2 is 1.88 bits per heavy atom. The highest BCUT2D eigenvalue weighted by Crippen LogP contribution is 2.36. The lowest BCUT2D eigenvalue weighted by molar-refractivity contribution is -0.123. The molecule has 0 unspecified atom stereocenters. The first-order chi connectivity index (χ1) is 12.4. The predicted molar refractivity (Wildman–Crippen MR) is 98.6 cm³/mol. The number of carbonyl (C=O) groups is 1. The molecule has 138 valence electrons. The monoisotopic (exact) mass is 378 g/mol. The van der Waals surface area contributed by atoms with Crippen molar-refractivity contribution in [3.8, 4) is 23.0 Å². The van der Waals surface area contributed by atoms with Gasteiger partial charge in [0.05, 0.1) is 20.4 Å². The molecule has 0 bridgehead atoms. The summed E-state index contributed by atoms with van der Waals surface area (Å²) in [5.41, 5.74) is 3.79. The SMILES string of the molecule is COc1cc(/C=N/NC(=O)COc2ccc(Cl)c(C)c2)cc(OC)c1O. The van der Waals surface area contributed by atoms with Crippen LogP contribution >= 0.6 is 11.6 Å². The van der Waals surface area contributed by atoms with Gasteiger partial charge in [0.1, 0.15) is 5.75 Å². The van der Waals surface area contributed by atoms with Crippen LogP contribution in [-0.4, -0.2) is 38.1 Å². The Kier molecular flexibility index (Phi) is 6.68. The molecule has 2 aromatic rings. The lowest BCUT2D eigenvalue weighted by Gasteiger charge is -2.09. The number of hydrazone groups is 1. The second kappa shape index (κ2) is 8.96. The van der Waals surface area contributed by atoms with Crippen LogP contribution in [0, 0.1) is 6.92 Å². The number of aryl methyl sites for hydroxylation is 1. The maximum Gasteiger partial charge on any atom is 0.277 e. The summed E-state index contributed by atoms with van der Waals surface area (Å²) in [6.07, 6.45) is 1.40. The second-order valence-electron chi connectivity index (χ2n) is 5.27. The van der Waals surface area contributed by atoms with Crippen molar-refractivity contribution in [2.45, 2.75) is 6.92 Å². The number of benzene rings is 2. The Bertz CT molecular complexity index is 798. The largest absolute Gasteiger partial charge is 0.502 e. The number of nitrogens with one attached hydrogen (secondary N) is 1. The molecule has 0 radical (unpaired) electrons. The van der Waals surface area contributed by atoms with E-state index in [0.717, 1.165) is 5.56 Å². The van der Waals surface area contributed by atoms with Gasteiger partial charge in [0.2, 0.25) is 5.75 Å². The number of rotatable bonds is 7. The molecule has 0 saturated carbocycles. The summed E-state index contributed by atoms with van der Waals surface area (Å²) in [5.74, 6) is 0.477. The van der Waals surface area contributed by atoms with Crippen molar-refractivity contribution in [2.75, 3.05) is 20.8 Å². The molecule has 0 heterocycles. The van der Waals surface area contributed by atoms with Gasteiger partial charge in [-0.15, -0.1) is 0 Å². The Morgan fingerprint density at radius 3 is 2.46 bits per heavy atom. The fourth-order valence-corrected chi connectivity index (χ4v) is 2.17. The number of phenols is 1. The van der Waals surface area contributed by atoms with Crippen molar-refractivity contribution in [1.82, 2.24) is 5.43 Å². The second-order valence-corrected chi connectivity index (χ2v) is 5.67. The quantitative estimate of drug-likeness (QED) is 0.571. The number of halogens is 1. The van der Waals surface area contributed by atoms with Gasteiger partial charge in [-0.25, -0.2) is 5.43 Å². The third kappa shape index (κ3) is 5.03. The molecule has 0 aliphatic heterocycles. The third-order valence-electron chi connectivity index (χ3n) is 3.40. The minimum Gasteiger partial charge on any atom is -0.502 e. The van der Waals surface area contributed by atoms with Gasteiger partial charge in [0.15, 0.2) is 18.1 Å². The molecule has 0 fully saturated rings. The molecule has 0 atom stereocenters. The van der Waals surface area contributed by atoms with Crippen LogP contribution in [-0.2, 0) is 4.79 Å². The molecule has 1 amide bonds. The van der Waals surface area contributed by atoms with E-state index in [1.807, 2.05) is 6.92 Å². The van der Waals surface area contributed by atoms with Crippen LogP contribution in [0.25, 0.3) is 0 Å². The predicted octanol–water partition coefficient (Wildman–Crippen LogP) is 2.90. The molecule has 8 heteroatoms. The van der Waals surface area contributed by atoms with E-state index in [2.05, 4.69) is 10.5 Å². The molecular weight excluding hydrogens is 360 g/mol. The van der Waals surface area contributed by atoms with Crippen molar-refractivity contribution < 1.29 is 24.1 Å². The van der Waals surface area contributed by atoms with E-state index >= 15 is 0 Å². The molecule has 0 saturated heterocycles. The van der Waals surface area contributed by atoms with Crippen LogP contribution in [0.4, 0.5) is 0 Å². The maximum atomic E-state index is 11.8. The number of hydrogen-bond acceptors (Lipinski definition) is 6. The van der Waals surface area contributed by atoms with Gasteiger partial charge < -0.3 is 19.3 Å². The van der Waals surface area contributed by atoms with Crippen molar-refractivity contribution in [3.05, 3.63) is 46.5 Å². The Labute approximate surface area is 156 Å². The minimum absolute atomic E-state index is 0.108. The molecule has 0 aliphatic rings. The first kappa shape index (κ1) is 19.4. The zero-order chi connectivity index (χ0) is 19.1. The molecule has 2 rings (SSSR count). The average molecular weight is 379 g/mol. The highest BCUT2D eigenvalue weighted by molar-refractivity contribution is 6.31. The van der Waals surface area contributed by atoms with Gasteiger partial charge in [-0.2, -0.15) is 5.10 Å². The molecule has 0 aliphatic carbocycles. The highest BCUT2D eigenvalue weighted by atomic mass is 35.5. The molecule has 26 heavy (non-hydrogen) atoms. The van der Waals surface area contributed by atoms with E-state index < -0.39 is 5.91 Å². The van der Waals surface area contributed by atoms with Crippen molar-refractivity contribution in [3.63, 3.8) is 0 Å². The summed E-state index contributed by atoms with van der Waals surface area (Å²) in [7, 11) is 2.85. The molecule has 0 aromatic heterocycles. The summed E-state index contributed by atoms with van der Waals surface area (Å²) in [6.45, 7) is 1.65. The summed E-state index contributed by atoms with van der Waals surface area (Å²) in [5, 5.41) is 14.3. The normalized spacial score (nSPS) is 10.6. The van der Waals surface area contributed by atoms with E-state index in [0.29, 0.717) is 16.3 Å². The van der Waals surface area contributed by atoms with Crippen LogP contribution in [0.3, 0.4) is 0 Å². The van der Waals surface area contributed by atoms with Crippen molar-refractivity contribution in [2.24, 2.45) is 5.10 Å². The van der Waals surface area contributed by atoms with Crippen LogP contribution in [0.15, 0.2) is 35.4 Å². The van der Waals surface area contributed by atoms with Gasteiger partial charge in [0.25, 0.3) is 5.91 Å². The average Bonchev–Trinajstić information content (AvgIpc) is 2.63. The van der Waals surface area contributed by atoms with Crippen LogP contribution in [0.5, 0.6) is 23.0 Å². The van der Waals surface area contributed by atoms with Gasteiger partial charge in [-0.1, -0.05) is 11.6 Å². The van der Waals surface area contributed by atoms with E-state index in [4.69, 9.17) is 25.8 Å². The third-order valence-corrected chi connectivity index (χ3v) is 3.83. The van der Waals surface area contributed by atoms with E-state index in [-0.39, 0.29) is 23.9 Å². The minimum atomic E-state index is -0.424. The molecular formula is C18H19ClN2O5. The molecule has 2 N–H and O–H groups in total. The number of aromatic hydroxyl groups is 1. The zero-order valence-corrected chi connectivity index (χ0v) is 15.3. The lowest BCUT2D eigenvalue weighted by Crippen LogP contribution is -2.24. The van der Waals surface area contributed by atoms with Crippen LogP contribution < -0.4 is 19.6 Å². The lowest BCUT2D eigenvalue weighted by atomic mass is 10.2. The maximum absolute atomic E-state index is 11.8. The van der Waals surface area contributed by atoms with Gasteiger partial charge >= 0.3 is 0 Å². The highest BCUT2D eigenvalue weighted by Gasteiger charge is 2.10. The fourth-order valence-electron chi connectivity index (χ4n) is 2.06. The summed E-state index contributed by atoms with van der Waals surface area (Å²) in [4.78, 5) is 11.8. The van der Waals surface area contributed by atoms with Crippen molar-refractivity contribution >= 4 is 23.7 Å².